The number of rotatable bonds is 3. The highest BCUT2D eigenvalue weighted by Gasteiger charge is 2.15. The van der Waals surface area contributed by atoms with Crippen molar-refractivity contribution in [1.29, 1.82) is 0 Å². The molecule has 4 nitrogen and oxygen atoms in total. The Labute approximate surface area is 138 Å². The lowest BCUT2D eigenvalue weighted by Gasteiger charge is -2.19. The van der Waals surface area contributed by atoms with Crippen LogP contribution in [0.1, 0.15) is 36.0 Å². The molecule has 0 unspecified atom stereocenters. The summed E-state index contributed by atoms with van der Waals surface area (Å²) in [6.07, 6.45) is 3.26. The number of hydrogen-bond acceptors (Lipinski definition) is 4. The van der Waals surface area contributed by atoms with Crippen molar-refractivity contribution in [3.05, 3.63) is 53.2 Å². The highest BCUT2D eigenvalue weighted by Crippen LogP contribution is 2.35. The van der Waals surface area contributed by atoms with Gasteiger partial charge in [-0.15, -0.1) is 11.3 Å². The number of thiophene rings is 1. The molecule has 1 aromatic carbocycles. The molecule has 2 heterocycles. The van der Waals surface area contributed by atoms with Crippen molar-refractivity contribution >= 4 is 27.4 Å². The molecule has 0 atom stereocenters. The summed E-state index contributed by atoms with van der Waals surface area (Å²) in [7, 11) is 0. The lowest BCUT2D eigenvalue weighted by atomic mass is 9.87. The second-order valence-electron chi connectivity index (χ2n) is 6.34. The Morgan fingerprint density at radius 3 is 2.48 bits per heavy atom. The van der Waals surface area contributed by atoms with Crippen LogP contribution in [0.25, 0.3) is 10.1 Å². The number of carboxylic acids is 1. The molecule has 3 rings (SSSR count). The maximum Gasteiger partial charge on any atom is 0.345 e. The van der Waals surface area contributed by atoms with Gasteiger partial charge in [-0.3, -0.25) is 4.98 Å². The van der Waals surface area contributed by atoms with Crippen molar-refractivity contribution in [2.45, 2.75) is 26.2 Å². The third-order valence-electron chi connectivity index (χ3n) is 3.57. The van der Waals surface area contributed by atoms with Crippen molar-refractivity contribution in [2.24, 2.45) is 0 Å². The van der Waals surface area contributed by atoms with Crippen LogP contribution in [0.15, 0.2) is 42.7 Å². The molecular weight excluding hydrogens is 310 g/mol. The average Bonchev–Trinajstić information content (AvgIpc) is 2.92. The molecule has 2 aromatic heterocycles. The number of hydrogen-bond donors (Lipinski definition) is 1. The minimum atomic E-state index is -0.938. The Hall–Kier alpha value is -2.40. The van der Waals surface area contributed by atoms with Gasteiger partial charge in [0.1, 0.15) is 10.6 Å². The van der Waals surface area contributed by atoms with E-state index in [2.05, 4.69) is 25.8 Å². The smallest absolute Gasteiger partial charge is 0.345 e. The normalized spacial score (nSPS) is 11.6. The maximum atomic E-state index is 11.1. The van der Waals surface area contributed by atoms with E-state index >= 15 is 0 Å². The van der Waals surface area contributed by atoms with Crippen molar-refractivity contribution in [2.75, 3.05) is 0 Å². The predicted octanol–water partition coefficient (Wildman–Crippen LogP) is 5.08. The fourth-order valence-electron chi connectivity index (χ4n) is 2.27. The van der Waals surface area contributed by atoms with E-state index in [0.717, 1.165) is 10.1 Å². The predicted molar refractivity (Wildman–Crippen MR) is 91.8 cm³/mol. The van der Waals surface area contributed by atoms with Gasteiger partial charge in [-0.2, -0.15) is 0 Å². The van der Waals surface area contributed by atoms with Crippen molar-refractivity contribution in [3.8, 4) is 11.5 Å². The minimum absolute atomic E-state index is 0.0871. The number of pyridine rings is 1. The molecule has 5 heteroatoms. The molecule has 0 fully saturated rings. The van der Waals surface area contributed by atoms with E-state index in [1.807, 2.05) is 24.3 Å². The summed E-state index contributed by atoms with van der Waals surface area (Å²) in [5, 5.41) is 9.89. The first-order chi connectivity index (χ1) is 10.8. The summed E-state index contributed by atoms with van der Waals surface area (Å²) in [4.78, 5) is 15.5. The average molecular weight is 327 g/mol. The van der Waals surface area contributed by atoms with Gasteiger partial charge < -0.3 is 9.84 Å². The standard InChI is InChI=1S/C18H17NO3S/c1-18(2,3)11-4-6-12(7-5-11)22-14-9-19-10-16-13(14)8-15(23-16)17(20)21/h4-10H,1-3H3,(H,20,21). The Morgan fingerprint density at radius 2 is 1.87 bits per heavy atom. The Balaban J connectivity index is 1.93. The van der Waals surface area contributed by atoms with E-state index in [-0.39, 0.29) is 10.3 Å². The van der Waals surface area contributed by atoms with Crippen LogP contribution in [0.3, 0.4) is 0 Å². The van der Waals surface area contributed by atoms with Crippen LogP contribution in [0, 0.1) is 0 Å². The SMILES string of the molecule is CC(C)(C)c1ccc(Oc2cncc3sc(C(=O)O)cc23)cc1. The van der Waals surface area contributed by atoms with Gasteiger partial charge in [0.05, 0.1) is 10.9 Å². The lowest BCUT2D eigenvalue weighted by Crippen LogP contribution is -2.10. The fourth-order valence-corrected chi connectivity index (χ4v) is 3.16. The molecule has 118 valence electrons. The molecule has 23 heavy (non-hydrogen) atoms. The van der Waals surface area contributed by atoms with Crippen LogP contribution in [0.2, 0.25) is 0 Å². The molecule has 0 aliphatic rings. The van der Waals surface area contributed by atoms with Gasteiger partial charge in [-0.05, 0) is 29.2 Å². The molecule has 0 spiro atoms. The van der Waals surface area contributed by atoms with E-state index in [0.29, 0.717) is 11.5 Å². The van der Waals surface area contributed by atoms with Crippen molar-refractivity contribution in [3.63, 3.8) is 0 Å². The number of aromatic carboxylic acids is 1. The van der Waals surface area contributed by atoms with Crippen LogP contribution >= 0.6 is 11.3 Å². The zero-order valence-electron chi connectivity index (χ0n) is 13.2. The lowest BCUT2D eigenvalue weighted by molar-refractivity contribution is 0.0702. The maximum absolute atomic E-state index is 11.1. The van der Waals surface area contributed by atoms with Crippen molar-refractivity contribution in [1.82, 2.24) is 4.98 Å². The quantitative estimate of drug-likeness (QED) is 0.728. The molecule has 0 aliphatic heterocycles. The van der Waals surface area contributed by atoms with E-state index in [4.69, 9.17) is 9.84 Å². The van der Waals surface area contributed by atoms with Crippen LogP contribution < -0.4 is 4.74 Å². The first-order valence-corrected chi connectivity index (χ1v) is 8.05. The minimum Gasteiger partial charge on any atom is -0.477 e. The van der Waals surface area contributed by atoms with E-state index in [1.165, 1.54) is 16.9 Å². The van der Waals surface area contributed by atoms with Gasteiger partial charge >= 0.3 is 5.97 Å². The summed E-state index contributed by atoms with van der Waals surface area (Å²) in [5.74, 6) is 0.330. The number of fused-ring (bicyclic) bond motifs is 1. The van der Waals surface area contributed by atoms with Gasteiger partial charge in [0.2, 0.25) is 0 Å². The molecule has 0 saturated carbocycles. The molecule has 0 bridgehead atoms. The topological polar surface area (TPSA) is 59.4 Å². The molecule has 3 aromatic rings. The summed E-state index contributed by atoms with van der Waals surface area (Å²) >= 11 is 1.19. The third kappa shape index (κ3) is 3.19. The monoisotopic (exact) mass is 327 g/mol. The highest BCUT2D eigenvalue weighted by atomic mass is 32.1. The molecule has 0 amide bonds. The largest absolute Gasteiger partial charge is 0.477 e. The van der Waals surface area contributed by atoms with Gasteiger partial charge in [0.15, 0.2) is 5.75 Å². The Kier molecular flexibility index (Phi) is 3.82. The number of carbonyl (C=O) groups is 1. The first-order valence-electron chi connectivity index (χ1n) is 7.24. The molecule has 1 N–H and O–H groups in total. The van der Waals surface area contributed by atoms with E-state index in [9.17, 15) is 4.79 Å². The molecular formula is C18H17NO3S. The summed E-state index contributed by atoms with van der Waals surface area (Å²) < 4.78 is 6.70. The van der Waals surface area contributed by atoms with E-state index in [1.54, 1.807) is 18.5 Å². The van der Waals surface area contributed by atoms with Gasteiger partial charge in [-0.25, -0.2) is 4.79 Å². The number of ether oxygens (including phenoxy) is 1. The number of nitrogens with zero attached hydrogens (tertiary/aromatic N) is 1. The Bertz CT molecular complexity index is 860. The second-order valence-corrected chi connectivity index (χ2v) is 7.43. The van der Waals surface area contributed by atoms with Crippen molar-refractivity contribution < 1.29 is 14.6 Å². The molecule has 0 saturated heterocycles. The second kappa shape index (κ2) is 5.66. The summed E-state index contributed by atoms with van der Waals surface area (Å²) in [6, 6.07) is 9.55. The zero-order chi connectivity index (χ0) is 16.6. The van der Waals surface area contributed by atoms with Crippen LogP contribution in [-0.2, 0) is 5.41 Å². The number of aromatic nitrogens is 1. The van der Waals surface area contributed by atoms with Gasteiger partial charge in [-0.1, -0.05) is 32.9 Å². The summed E-state index contributed by atoms with van der Waals surface area (Å²) in [5.41, 5.74) is 1.31. The summed E-state index contributed by atoms with van der Waals surface area (Å²) in [6.45, 7) is 6.48. The first kappa shape index (κ1) is 15.5. The number of benzene rings is 1. The third-order valence-corrected chi connectivity index (χ3v) is 4.63. The molecule has 0 aliphatic carbocycles. The fraction of sp³-hybridized carbons (Fsp3) is 0.222. The van der Waals surface area contributed by atoms with Crippen LogP contribution in [-0.4, -0.2) is 16.1 Å². The molecule has 0 radical (unpaired) electrons. The highest BCUT2D eigenvalue weighted by molar-refractivity contribution is 7.20. The Morgan fingerprint density at radius 1 is 1.17 bits per heavy atom. The number of carboxylic acid groups (broad SMARTS) is 1. The van der Waals surface area contributed by atoms with Crippen LogP contribution in [0.5, 0.6) is 11.5 Å². The van der Waals surface area contributed by atoms with Gasteiger partial charge in [0.25, 0.3) is 0 Å². The van der Waals surface area contributed by atoms with Gasteiger partial charge in [0, 0.05) is 11.6 Å². The zero-order valence-corrected chi connectivity index (χ0v) is 14.0. The van der Waals surface area contributed by atoms with E-state index < -0.39 is 5.97 Å². The van der Waals surface area contributed by atoms with Crippen LogP contribution in [0.4, 0.5) is 0 Å².